The van der Waals surface area contributed by atoms with Crippen molar-refractivity contribution in [1.82, 2.24) is 20.2 Å². The van der Waals surface area contributed by atoms with Crippen LogP contribution >= 0.6 is 0 Å². The van der Waals surface area contributed by atoms with Crippen molar-refractivity contribution in [1.29, 1.82) is 0 Å². The molecule has 0 aliphatic carbocycles. The van der Waals surface area contributed by atoms with Crippen molar-refractivity contribution in [3.8, 4) is 22.6 Å². The zero-order valence-electron chi connectivity index (χ0n) is 13.0. The summed E-state index contributed by atoms with van der Waals surface area (Å²) in [6.07, 6.45) is 0. The highest BCUT2D eigenvalue weighted by molar-refractivity contribution is 5.87. The molecule has 2 aromatic carbocycles. The largest absolute Gasteiger partial charge is 0.382 e. The third-order valence-electron chi connectivity index (χ3n) is 3.95. The summed E-state index contributed by atoms with van der Waals surface area (Å²) in [5.41, 5.74) is 9.84. The van der Waals surface area contributed by atoms with Crippen molar-refractivity contribution in [3.05, 3.63) is 64.4 Å². The molecule has 0 radical (unpaired) electrons. The first-order valence-corrected chi connectivity index (χ1v) is 7.54. The number of hydrogen-bond acceptors (Lipinski definition) is 4. The van der Waals surface area contributed by atoms with E-state index < -0.39 is 0 Å². The molecule has 2 aromatic heterocycles. The number of H-pyrrole nitrogens is 2. The minimum absolute atomic E-state index is 0.202. The van der Waals surface area contributed by atoms with Crippen LogP contribution in [0.4, 0.5) is 5.82 Å². The maximum atomic E-state index is 12.3. The number of aromatic nitrogens is 4. The summed E-state index contributed by atoms with van der Waals surface area (Å²) in [6, 6.07) is 15.2. The van der Waals surface area contributed by atoms with E-state index >= 15 is 0 Å². The Kier molecular flexibility index (Phi) is 3.16. The number of nitrogens with one attached hydrogen (secondary N) is 2. The molecule has 0 aliphatic rings. The first-order valence-electron chi connectivity index (χ1n) is 7.54. The van der Waals surface area contributed by atoms with Crippen LogP contribution in [-0.4, -0.2) is 20.2 Å². The van der Waals surface area contributed by atoms with E-state index in [4.69, 9.17) is 5.73 Å². The number of benzene rings is 2. The maximum absolute atomic E-state index is 12.3. The SMILES string of the molecule is Cc1cccc(-c2[nH]nc(N)c2-c2nc3ccccc3c(=O)[nH]2)c1. The zero-order valence-corrected chi connectivity index (χ0v) is 13.0. The van der Waals surface area contributed by atoms with Crippen molar-refractivity contribution in [2.24, 2.45) is 0 Å². The van der Waals surface area contributed by atoms with Crippen molar-refractivity contribution in [2.45, 2.75) is 6.92 Å². The van der Waals surface area contributed by atoms with Crippen LogP contribution in [0, 0.1) is 6.92 Å². The van der Waals surface area contributed by atoms with Crippen molar-refractivity contribution >= 4 is 16.7 Å². The third-order valence-corrected chi connectivity index (χ3v) is 3.95. The van der Waals surface area contributed by atoms with Gasteiger partial charge in [-0.15, -0.1) is 0 Å². The quantitative estimate of drug-likeness (QED) is 0.529. The topological polar surface area (TPSA) is 100 Å². The fourth-order valence-electron chi connectivity index (χ4n) is 2.81. The number of hydrogen-bond donors (Lipinski definition) is 3. The third kappa shape index (κ3) is 2.25. The van der Waals surface area contributed by atoms with Crippen LogP contribution in [0.5, 0.6) is 0 Å². The number of anilines is 1. The molecule has 118 valence electrons. The molecule has 0 atom stereocenters. The Morgan fingerprint density at radius 3 is 2.75 bits per heavy atom. The molecular formula is C18H15N5O. The number of nitrogens with two attached hydrogens (primary N) is 1. The minimum atomic E-state index is -0.202. The second-order valence-electron chi connectivity index (χ2n) is 5.66. The molecule has 4 rings (SSSR count). The van der Waals surface area contributed by atoms with Gasteiger partial charge in [0.2, 0.25) is 0 Å². The van der Waals surface area contributed by atoms with Gasteiger partial charge in [0, 0.05) is 5.56 Å². The molecule has 6 heteroatoms. The van der Waals surface area contributed by atoms with E-state index in [1.54, 1.807) is 12.1 Å². The normalized spacial score (nSPS) is 11.0. The Hall–Kier alpha value is -3.41. The number of nitrogens with zero attached hydrogens (tertiary/aromatic N) is 2. The molecule has 0 spiro atoms. The number of nitrogen functional groups attached to an aromatic ring is 1. The zero-order chi connectivity index (χ0) is 16.7. The van der Waals surface area contributed by atoms with E-state index in [2.05, 4.69) is 20.2 Å². The average Bonchev–Trinajstić information content (AvgIpc) is 2.96. The van der Waals surface area contributed by atoms with Crippen LogP contribution in [0.15, 0.2) is 53.3 Å². The molecule has 0 bridgehead atoms. The Morgan fingerprint density at radius 2 is 1.92 bits per heavy atom. The Bertz CT molecular complexity index is 1110. The lowest BCUT2D eigenvalue weighted by atomic mass is 10.0. The summed E-state index contributed by atoms with van der Waals surface area (Å²) < 4.78 is 0. The van der Waals surface area contributed by atoms with E-state index in [1.807, 2.05) is 43.3 Å². The predicted octanol–water partition coefficient (Wildman–Crippen LogP) is 2.87. The van der Waals surface area contributed by atoms with Gasteiger partial charge in [0.1, 0.15) is 5.82 Å². The fraction of sp³-hybridized carbons (Fsp3) is 0.0556. The first kappa shape index (κ1) is 14.2. The summed E-state index contributed by atoms with van der Waals surface area (Å²) in [5, 5.41) is 7.59. The number of fused-ring (bicyclic) bond motifs is 1. The van der Waals surface area contributed by atoms with Gasteiger partial charge in [-0.1, -0.05) is 35.9 Å². The Labute approximate surface area is 137 Å². The summed E-state index contributed by atoms with van der Waals surface area (Å²) in [6.45, 7) is 2.01. The van der Waals surface area contributed by atoms with Gasteiger partial charge in [-0.2, -0.15) is 5.10 Å². The van der Waals surface area contributed by atoms with E-state index in [0.29, 0.717) is 28.1 Å². The highest BCUT2D eigenvalue weighted by Crippen LogP contribution is 2.32. The molecule has 4 N–H and O–H groups in total. The van der Waals surface area contributed by atoms with Gasteiger partial charge in [-0.3, -0.25) is 9.89 Å². The number of rotatable bonds is 2. The molecule has 4 aromatic rings. The standard InChI is InChI=1S/C18H15N5O/c1-10-5-4-6-11(9-10)15-14(16(19)23-22-15)17-20-13-8-3-2-7-12(13)18(24)21-17/h2-9H,1H3,(H3,19,22,23)(H,20,21,24). The van der Waals surface area contributed by atoms with Crippen molar-refractivity contribution in [2.75, 3.05) is 5.73 Å². The van der Waals surface area contributed by atoms with E-state index in [1.165, 1.54) is 0 Å². The van der Waals surface area contributed by atoms with Crippen LogP contribution in [0.25, 0.3) is 33.5 Å². The van der Waals surface area contributed by atoms with Gasteiger partial charge in [0.05, 0.1) is 22.2 Å². The summed E-state index contributed by atoms with van der Waals surface area (Å²) in [7, 11) is 0. The van der Waals surface area contributed by atoms with Gasteiger partial charge in [-0.25, -0.2) is 4.98 Å². The lowest BCUT2D eigenvalue weighted by Gasteiger charge is -2.06. The molecule has 0 fully saturated rings. The molecule has 0 unspecified atom stereocenters. The molecule has 6 nitrogen and oxygen atoms in total. The second kappa shape index (κ2) is 5.34. The molecule has 0 amide bonds. The van der Waals surface area contributed by atoms with Crippen LogP contribution in [0.3, 0.4) is 0 Å². The first-order chi connectivity index (χ1) is 11.6. The average molecular weight is 317 g/mol. The number of para-hydroxylation sites is 1. The molecule has 0 saturated heterocycles. The summed E-state index contributed by atoms with van der Waals surface area (Å²) >= 11 is 0. The number of aryl methyl sites for hydroxylation is 1. The maximum Gasteiger partial charge on any atom is 0.259 e. The second-order valence-corrected chi connectivity index (χ2v) is 5.66. The van der Waals surface area contributed by atoms with Gasteiger partial charge in [0.15, 0.2) is 5.82 Å². The fourth-order valence-corrected chi connectivity index (χ4v) is 2.81. The molecular weight excluding hydrogens is 302 g/mol. The van der Waals surface area contributed by atoms with Crippen LogP contribution < -0.4 is 11.3 Å². The highest BCUT2D eigenvalue weighted by Gasteiger charge is 2.18. The predicted molar refractivity (Wildman–Crippen MR) is 94.5 cm³/mol. The smallest absolute Gasteiger partial charge is 0.259 e. The van der Waals surface area contributed by atoms with Crippen LogP contribution in [0.2, 0.25) is 0 Å². The van der Waals surface area contributed by atoms with Crippen LogP contribution in [0.1, 0.15) is 5.56 Å². The van der Waals surface area contributed by atoms with Gasteiger partial charge < -0.3 is 10.7 Å². The van der Waals surface area contributed by atoms with E-state index in [9.17, 15) is 4.79 Å². The van der Waals surface area contributed by atoms with Gasteiger partial charge in [-0.05, 0) is 25.1 Å². The summed E-state index contributed by atoms with van der Waals surface area (Å²) in [5.74, 6) is 0.700. The van der Waals surface area contributed by atoms with Gasteiger partial charge >= 0.3 is 0 Å². The molecule has 2 heterocycles. The van der Waals surface area contributed by atoms with Gasteiger partial charge in [0.25, 0.3) is 5.56 Å². The number of aromatic amines is 2. The monoisotopic (exact) mass is 317 g/mol. The van der Waals surface area contributed by atoms with E-state index in [0.717, 1.165) is 16.8 Å². The van der Waals surface area contributed by atoms with Crippen LogP contribution in [-0.2, 0) is 0 Å². The Balaban J connectivity index is 1.98. The highest BCUT2D eigenvalue weighted by atomic mass is 16.1. The minimum Gasteiger partial charge on any atom is -0.382 e. The van der Waals surface area contributed by atoms with Crippen molar-refractivity contribution < 1.29 is 0 Å². The van der Waals surface area contributed by atoms with E-state index in [-0.39, 0.29) is 5.56 Å². The summed E-state index contributed by atoms with van der Waals surface area (Å²) in [4.78, 5) is 19.7. The lowest BCUT2D eigenvalue weighted by molar-refractivity contribution is 1.10. The lowest BCUT2D eigenvalue weighted by Crippen LogP contribution is -2.10. The molecule has 0 aliphatic heterocycles. The molecule has 0 saturated carbocycles. The van der Waals surface area contributed by atoms with Crippen molar-refractivity contribution in [3.63, 3.8) is 0 Å². The Morgan fingerprint density at radius 1 is 1.08 bits per heavy atom. The molecule has 24 heavy (non-hydrogen) atoms.